The van der Waals surface area contributed by atoms with Crippen molar-refractivity contribution in [3.05, 3.63) is 34.1 Å². The molecule has 0 aromatic heterocycles. The van der Waals surface area contributed by atoms with Crippen LogP contribution in [0.5, 0.6) is 5.75 Å². The van der Waals surface area contributed by atoms with Crippen LogP contribution < -0.4 is 16.0 Å². The number of anilines is 2. The van der Waals surface area contributed by atoms with Gasteiger partial charge in [-0.25, -0.2) is 0 Å². The van der Waals surface area contributed by atoms with Crippen LogP contribution in [0.4, 0.5) is 11.4 Å². The molecule has 13 heteroatoms. The molecule has 2 amide bonds. The van der Waals surface area contributed by atoms with Gasteiger partial charge in [-0.1, -0.05) is 0 Å². The van der Waals surface area contributed by atoms with E-state index in [1.807, 2.05) is 13.8 Å². The molecule has 4 aliphatic rings. The number of nitrogens with zero attached hydrogens (tertiary/aromatic N) is 3. The number of likely N-dealkylation sites (N-methyl/N-ethyl adjacent to an activating group) is 1. The number of fused-ring (bicyclic) bond motifs is 3. The maximum absolute atomic E-state index is 14.1. The van der Waals surface area contributed by atoms with Crippen LogP contribution in [-0.4, -0.2) is 112 Å². The minimum Gasteiger partial charge on any atom is -0.508 e. The number of aliphatic hydroxyl groups is 3. The largest absolute Gasteiger partial charge is 0.508 e. The lowest BCUT2D eigenvalue weighted by molar-refractivity contribution is -0.153. The van der Waals surface area contributed by atoms with Crippen LogP contribution in [-0.2, 0) is 25.6 Å². The van der Waals surface area contributed by atoms with Crippen LogP contribution >= 0.6 is 0 Å². The second-order valence-corrected chi connectivity index (χ2v) is 13.0. The Morgan fingerprint density at radius 3 is 2.36 bits per heavy atom. The van der Waals surface area contributed by atoms with Gasteiger partial charge in [0.15, 0.2) is 11.4 Å². The van der Waals surface area contributed by atoms with Gasteiger partial charge in [-0.2, -0.15) is 0 Å². The lowest BCUT2D eigenvalue weighted by Gasteiger charge is -2.50. The summed E-state index contributed by atoms with van der Waals surface area (Å²) in [6.07, 6.45) is 1.65. The molecule has 13 nitrogen and oxygen atoms in total. The summed E-state index contributed by atoms with van der Waals surface area (Å²) < 4.78 is 0. The molecule has 44 heavy (non-hydrogen) atoms. The SMILES string of the molecule is CC(C)N1CCC[C@H]1C(=O)Nc1cc(N(C)C)c2c(c1O)C(O)=C1C(=O)[C@]3(O)C(O)=C(C(N)=O)C(=O)[C@@H](N(C)C)[C@@H]3C[C@@H]1C2. The Balaban J connectivity index is 1.65. The van der Waals surface area contributed by atoms with E-state index in [1.165, 1.54) is 4.90 Å². The molecule has 0 radical (unpaired) electrons. The maximum atomic E-state index is 14.1. The van der Waals surface area contributed by atoms with Gasteiger partial charge in [0.1, 0.15) is 22.8 Å². The number of likely N-dealkylation sites (tertiary alicyclic amines) is 1. The summed E-state index contributed by atoms with van der Waals surface area (Å²) in [6, 6.07) is 0.208. The van der Waals surface area contributed by atoms with Crippen LogP contribution in [0.1, 0.15) is 44.2 Å². The molecule has 5 atom stereocenters. The second kappa shape index (κ2) is 10.9. The maximum Gasteiger partial charge on any atom is 0.255 e. The number of aliphatic hydroxyl groups excluding tert-OH is 2. The number of Topliss-reactive ketones (excluding diaryl/α,β-unsaturated/α-hetero) is 2. The van der Waals surface area contributed by atoms with Gasteiger partial charge in [0.25, 0.3) is 5.91 Å². The number of amides is 2. The van der Waals surface area contributed by atoms with Crippen LogP contribution in [0, 0.1) is 11.8 Å². The number of ketones is 2. The van der Waals surface area contributed by atoms with Crippen molar-refractivity contribution in [3.63, 3.8) is 0 Å². The molecule has 0 spiro atoms. The Morgan fingerprint density at radius 1 is 1.14 bits per heavy atom. The van der Waals surface area contributed by atoms with E-state index in [1.54, 1.807) is 39.2 Å². The first-order chi connectivity index (χ1) is 20.5. The van der Waals surface area contributed by atoms with E-state index < -0.39 is 69.8 Å². The molecule has 1 aromatic carbocycles. The summed E-state index contributed by atoms with van der Waals surface area (Å²) >= 11 is 0. The summed E-state index contributed by atoms with van der Waals surface area (Å²) in [5, 5.41) is 48.9. The number of benzene rings is 1. The number of rotatable bonds is 6. The second-order valence-electron chi connectivity index (χ2n) is 13.0. The van der Waals surface area contributed by atoms with Crippen molar-refractivity contribution in [2.24, 2.45) is 17.6 Å². The first-order valence-corrected chi connectivity index (χ1v) is 14.8. The molecule has 3 aliphatic carbocycles. The van der Waals surface area contributed by atoms with Gasteiger partial charge in [0.2, 0.25) is 11.7 Å². The Bertz CT molecular complexity index is 1530. The van der Waals surface area contributed by atoms with Gasteiger partial charge in [0.05, 0.1) is 23.3 Å². The van der Waals surface area contributed by atoms with Gasteiger partial charge in [-0.3, -0.25) is 29.0 Å². The highest BCUT2D eigenvalue weighted by molar-refractivity contribution is 6.24. The first-order valence-electron chi connectivity index (χ1n) is 14.8. The number of carbonyl (C=O) groups is 4. The Morgan fingerprint density at radius 2 is 1.80 bits per heavy atom. The van der Waals surface area contributed by atoms with Crippen molar-refractivity contribution >= 4 is 40.5 Å². The first kappa shape index (κ1) is 31.5. The smallest absolute Gasteiger partial charge is 0.255 e. The Hall–Kier alpha value is -3.94. The monoisotopic (exact) mass is 611 g/mol. The predicted molar refractivity (Wildman–Crippen MR) is 162 cm³/mol. The molecule has 0 bridgehead atoms. The van der Waals surface area contributed by atoms with Gasteiger partial charge in [0, 0.05) is 37.3 Å². The van der Waals surface area contributed by atoms with Crippen LogP contribution in [0.3, 0.4) is 0 Å². The topological polar surface area (TPSA) is 197 Å². The summed E-state index contributed by atoms with van der Waals surface area (Å²) in [7, 11) is 6.65. The third kappa shape index (κ3) is 4.48. The van der Waals surface area contributed by atoms with Crippen LogP contribution in [0.2, 0.25) is 0 Å². The van der Waals surface area contributed by atoms with Crippen molar-refractivity contribution in [3.8, 4) is 5.75 Å². The van der Waals surface area contributed by atoms with E-state index >= 15 is 0 Å². The highest BCUT2D eigenvalue weighted by atomic mass is 16.3. The molecule has 2 fully saturated rings. The molecule has 1 aromatic rings. The molecule has 1 heterocycles. The van der Waals surface area contributed by atoms with E-state index in [2.05, 4.69) is 10.2 Å². The molecule has 1 aliphatic heterocycles. The molecule has 0 unspecified atom stereocenters. The van der Waals surface area contributed by atoms with Crippen molar-refractivity contribution in [2.75, 3.05) is 45.0 Å². The fraction of sp³-hybridized carbons (Fsp3) is 0.548. The standard InChI is InChI=1S/C31H41N5O8/c1-13(2)36-9-7-8-18(36)30(43)33-17-12-19(34(3)4)15-10-14-11-16-23(35(5)6)26(39)22(29(32)42)28(41)31(16,44)27(40)20(14)25(38)21(15)24(17)37/h12-14,16,18,23,37-38,41,44H,7-11H2,1-6H3,(H2,32,42)(H,33,43)/t14-,16-,18-,23-,31-/m0/s1. The van der Waals surface area contributed by atoms with Gasteiger partial charge >= 0.3 is 0 Å². The number of carbonyl (C=O) groups excluding carboxylic acids is 4. The summed E-state index contributed by atoms with van der Waals surface area (Å²) in [5.41, 5.74) is 2.64. The number of phenolic OH excluding ortho intramolecular Hbond substituents is 1. The molecule has 5 rings (SSSR count). The van der Waals surface area contributed by atoms with Crippen molar-refractivity contribution in [2.45, 2.75) is 63.3 Å². The van der Waals surface area contributed by atoms with E-state index in [0.29, 0.717) is 17.7 Å². The number of hydrogen-bond donors (Lipinski definition) is 6. The number of aromatic hydroxyl groups is 1. The number of nitrogens with two attached hydrogens (primary N) is 1. The number of phenols is 1. The molecule has 7 N–H and O–H groups in total. The number of primary amides is 1. The third-order valence-corrected chi connectivity index (χ3v) is 9.70. The Kier molecular flexibility index (Phi) is 7.80. The molecular formula is C31H41N5O8. The zero-order valence-corrected chi connectivity index (χ0v) is 25.8. The third-order valence-electron chi connectivity index (χ3n) is 9.70. The molecular weight excluding hydrogens is 570 g/mol. The minimum absolute atomic E-state index is 0.00933. The van der Waals surface area contributed by atoms with Crippen molar-refractivity contribution in [1.29, 1.82) is 0 Å². The molecule has 1 saturated carbocycles. The summed E-state index contributed by atoms with van der Waals surface area (Å²) in [6.45, 7) is 4.79. The highest BCUT2D eigenvalue weighted by Crippen LogP contribution is 2.54. The lowest BCUT2D eigenvalue weighted by atomic mass is 9.57. The van der Waals surface area contributed by atoms with Crippen LogP contribution in [0.15, 0.2) is 23.0 Å². The van der Waals surface area contributed by atoms with E-state index in [4.69, 9.17) is 5.73 Å². The zero-order valence-electron chi connectivity index (χ0n) is 25.8. The molecule has 1 saturated heterocycles. The highest BCUT2D eigenvalue weighted by Gasteiger charge is 2.64. The van der Waals surface area contributed by atoms with Gasteiger partial charge in [-0.15, -0.1) is 0 Å². The Labute approximate surface area is 255 Å². The fourth-order valence-electron chi connectivity index (χ4n) is 7.69. The van der Waals surface area contributed by atoms with Crippen LogP contribution in [0.25, 0.3) is 5.76 Å². The van der Waals surface area contributed by atoms with E-state index in [-0.39, 0.29) is 41.6 Å². The van der Waals surface area contributed by atoms with E-state index in [9.17, 15) is 39.6 Å². The molecule has 238 valence electrons. The quantitative estimate of drug-likeness (QED) is 0.197. The average Bonchev–Trinajstić information content (AvgIpc) is 3.42. The van der Waals surface area contributed by atoms with E-state index in [0.717, 1.165) is 13.0 Å². The van der Waals surface area contributed by atoms with Crippen molar-refractivity contribution in [1.82, 2.24) is 9.80 Å². The summed E-state index contributed by atoms with van der Waals surface area (Å²) in [5.74, 6) is -7.54. The van der Waals surface area contributed by atoms with Crippen molar-refractivity contribution < 1.29 is 39.6 Å². The van der Waals surface area contributed by atoms with Gasteiger partial charge < -0.3 is 36.4 Å². The van der Waals surface area contributed by atoms with Gasteiger partial charge in [-0.05, 0) is 77.7 Å². The normalized spacial score (nSPS) is 28.8. The fourth-order valence-corrected chi connectivity index (χ4v) is 7.69. The number of nitrogens with one attached hydrogen (secondary N) is 1. The number of hydrogen-bond acceptors (Lipinski definition) is 11. The predicted octanol–water partition coefficient (Wildman–Crippen LogP) is 0.841. The zero-order chi connectivity index (χ0) is 32.6. The summed E-state index contributed by atoms with van der Waals surface area (Å²) in [4.78, 5) is 58.3. The average molecular weight is 612 g/mol. The minimum atomic E-state index is -2.72. The lowest BCUT2D eigenvalue weighted by Crippen LogP contribution is -2.65.